The number of nitrogens with zero attached hydrogens (tertiary/aromatic N) is 4. The summed E-state index contributed by atoms with van der Waals surface area (Å²) in [5.41, 5.74) is 3.85. The summed E-state index contributed by atoms with van der Waals surface area (Å²) >= 11 is 1.37. The van der Waals surface area contributed by atoms with Gasteiger partial charge in [0.2, 0.25) is 5.91 Å². The quantitative estimate of drug-likeness (QED) is 0.425. The van der Waals surface area contributed by atoms with E-state index in [0.717, 1.165) is 29.9 Å². The van der Waals surface area contributed by atoms with Crippen molar-refractivity contribution in [3.63, 3.8) is 0 Å². The third-order valence-corrected chi connectivity index (χ3v) is 7.33. The number of aromatic nitrogens is 3. The highest BCUT2D eigenvalue weighted by molar-refractivity contribution is 7.99. The van der Waals surface area contributed by atoms with Crippen LogP contribution >= 0.6 is 11.8 Å². The van der Waals surface area contributed by atoms with E-state index in [1.807, 2.05) is 71.8 Å². The van der Waals surface area contributed by atoms with Gasteiger partial charge in [-0.05, 0) is 62.4 Å². The molecule has 1 saturated heterocycles. The first kappa shape index (κ1) is 25.0. The third kappa shape index (κ3) is 5.75. The van der Waals surface area contributed by atoms with Crippen molar-refractivity contribution in [1.82, 2.24) is 19.7 Å². The summed E-state index contributed by atoms with van der Waals surface area (Å²) in [7, 11) is 0. The fourth-order valence-electron chi connectivity index (χ4n) is 4.37. The van der Waals surface area contributed by atoms with E-state index in [-0.39, 0.29) is 23.6 Å². The zero-order valence-electron chi connectivity index (χ0n) is 20.8. The standard InChI is InChI=1S/C27H33N5O2S/c1-5-31-25(23-7-6-16-32(23)26(34)21-10-8-19(4)9-11-21)29-30-27(31)35-17-24(33)28-22-14-12-20(13-15-22)18(2)3/h8-15,18,23H,5-7,16-17H2,1-4H3,(H,28,33). The molecule has 2 heterocycles. The summed E-state index contributed by atoms with van der Waals surface area (Å²) in [6.45, 7) is 9.71. The van der Waals surface area contributed by atoms with Crippen LogP contribution in [0.1, 0.15) is 72.9 Å². The zero-order chi connectivity index (χ0) is 24.9. The molecule has 3 aromatic rings. The highest BCUT2D eigenvalue weighted by Crippen LogP contribution is 2.34. The lowest BCUT2D eigenvalue weighted by atomic mass is 10.0. The molecule has 0 radical (unpaired) electrons. The molecule has 1 atom stereocenters. The predicted octanol–water partition coefficient (Wildman–Crippen LogP) is 5.44. The fraction of sp³-hybridized carbons (Fsp3) is 0.407. The monoisotopic (exact) mass is 491 g/mol. The molecule has 1 aromatic heterocycles. The molecule has 0 bridgehead atoms. The molecule has 1 unspecified atom stereocenters. The molecule has 8 heteroatoms. The largest absolute Gasteiger partial charge is 0.328 e. The molecule has 35 heavy (non-hydrogen) atoms. The molecule has 4 rings (SSSR count). The van der Waals surface area contributed by atoms with Gasteiger partial charge in [-0.15, -0.1) is 10.2 Å². The van der Waals surface area contributed by atoms with Gasteiger partial charge in [0.25, 0.3) is 5.91 Å². The van der Waals surface area contributed by atoms with Crippen molar-refractivity contribution in [3.05, 3.63) is 71.0 Å². The van der Waals surface area contributed by atoms with Gasteiger partial charge in [-0.1, -0.05) is 55.4 Å². The van der Waals surface area contributed by atoms with Gasteiger partial charge in [0.05, 0.1) is 11.8 Å². The van der Waals surface area contributed by atoms with Crippen LogP contribution in [-0.4, -0.2) is 43.8 Å². The number of anilines is 1. The van der Waals surface area contributed by atoms with Gasteiger partial charge in [0.1, 0.15) is 0 Å². The van der Waals surface area contributed by atoms with Crippen LogP contribution in [-0.2, 0) is 11.3 Å². The zero-order valence-corrected chi connectivity index (χ0v) is 21.6. The third-order valence-electron chi connectivity index (χ3n) is 6.37. The maximum atomic E-state index is 13.2. The molecule has 0 aliphatic carbocycles. The van der Waals surface area contributed by atoms with Gasteiger partial charge in [0.15, 0.2) is 11.0 Å². The Morgan fingerprint density at radius 1 is 1.09 bits per heavy atom. The molecule has 1 aliphatic rings. The number of carbonyl (C=O) groups is 2. The number of aryl methyl sites for hydroxylation is 1. The summed E-state index contributed by atoms with van der Waals surface area (Å²) in [6, 6.07) is 15.5. The van der Waals surface area contributed by atoms with E-state index in [0.29, 0.717) is 29.7 Å². The summed E-state index contributed by atoms with van der Waals surface area (Å²) in [5.74, 6) is 1.41. The van der Waals surface area contributed by atoms with Crippen LogP contribution in [0.25, 0.3) is 0 Å². The van der Waals surface area contributed by atoms with E-state index >= 15 is 0 Å². The second kappa shape index (κ2) is 11.1. The number of likely N-dealkylation sites (tertiary alicyclic amines) is 1. The first-order chi connectivity index (χ1) is 16.9. The van der Waals surface area contributed by atoms with E-state index < -0.39 is 0 Å². The van der Waals surface area contributed by atoms with Crippen LogP contribution in [0.3, 0.4) is 0 Å². The number of thioether (sulfide) groups is 1. The maximum absolute atomic E-state index is 13.2. The van der Waals surface area contributed by atoms with Gasteiger partial charge in [-0.25, -0.2) is 0 Å². The molecule has 184 valence electrons. The Hall–Kier alpha value is -3.13. The average molecular weight is 492 g/mol. The van der Waals surface area contributed by atoms with E-state index in [4.69, 9.17) is 0 Å². The number of rotatable bonds is 8. The van der Waals surface area contributed by atoms with Crippen molar-refractivity contribution in [2.24, 2.45) is 0 Å². The fourth-order valence-corrected chi connectivity index (χ4v) is 5.18. The molecule has 1 aliphatic heterocycles. The number of hydrogen-bond donors (Lipinski definition) is 1. The van der Waals surface area contributed by atoms with Gasteiger partial charge in [-0.3, -0.25) is 9.59 Å². The van der Waals surface area contributed by atoms with Crippen molar-refractivity contribution < 1.29 is 9.59 Å². The van der Waals surface area contributed by atoms with Crippen molar-refractivity contribution >= 4 is 29.3 Å². The normalized spacial score (nSPS) is 15.6. The van der Waals surface area contributed by atoms with Crippen LogP contribution in [0.5, 0.6) is 0 Å². The Morgan fingerprint density at radius 3 is 2.46 bits per heavy atom. The minimum atomic E-state index is -0.112. The summed E-state index contributed by atoms with van der Waals surface area (Å²) in [5, 5.41) is 12.5. The SMILES string of the molecule is CCn1c(SCC(=O)Nc2ccc(C(C)C)cc2)nnc1C1CCCN1C(=O)c1ccc(C)cc1. The molecule has 2 aromatic carbocycles. The molecular weight excluding hydrogens is 458 g/mol. The van der Waals surface area contributed by atoms with Gasteiger partial charge < -0.3 is 14.8 Å². The van der Waals surface area contributed by atoms with E-state index in [1.54, 1.807) is 0 Å². The van der Waals surface area contributed by atoms with Crippen LogP contribution in [0.15, 0.2) is 53.7 Å². The lowest BCUT2D eigenvalue weighted by Gasteiger charge is -2.24. The number of carbonyl (C=O) groups excluding carboxylic acids is 2. The Labute approximate surface area is 211 Å². The van der Waals surface area contributed by atoms with Gasteiger partial charge in [-0.2, -0.15) is 0 Å². The van der Waals surface area contributed by atoms with Crippen molar-refractivity contribution in [2.45, 2.75) is 64.2 Å². The maximum Gasteiger partial charge on any atom is 0.254 e. The first-order valence-electron chi connectivity index (χ1n) is 12.2. The van der Waals surface area contributed by atoms with Crippen molar-refractivity contribution in [3.8, 4) is 0 Å². The lowest BCUT2D eigenvalue weighted by molar-refractivity contribution is -0.113. The molecule has 0 spiro atoms. The van der Waals surface area contributed by atoms with Crippen molar-refractivity contribution in [2.75, 3.05) is 17.6 Å². The topological polar surface area (TPSA) is 80.1 Å². The predicted molar refractivity (Wildman–Crippen MR) is 140 cm³/mol. The number of amides is 2. The van der Waals surface area contributed by atoms with Crippen molar-refractivity contribution in [1.29, 1.82) is 0 Å². The minimum absolute atomic E-state index is 0.0234. The molecule has 2 amide bonds. The van der Waals surface area contributed by atoms with Crippen LogP contribution in [0, 0.1) is 6.92 Å². The van der Waals surface area contributed by atoms with E-state index in [1.165, 1.54) is 17.3 Å². The van der Waals surface area contributed by atoms with E-state index in [2.05, 4.69) is 29.4 Å². The second-order valence-corrected chi connectivity index (χ2v) is 10.2. The average Bonchev–Trinajstić information content (AvgIpc) is 3.49. The highest BCUT2D eigenvalue weighted by atomic mass is 32.2. The Bertz CT molecular complexity index is 1170. The van der Waals surface area contributed by atoms with Crippen LogP contribution < -0.4 is 5.32 Å². The number of benzene rings is 2. The van der Waals surface area contributed by atoms with Crippen LogP contribution in [0.2, 0.25) is 0 Å². The molecule has 0 saturated carbocycles. The Balaban J connectivity index is 1.42. The minimum Gasteiger partial charge on any atom is -0.328 e. The first-order valence-corrected chi connectivity index (χ1v) is 13.2. The summed E-state index contributed by atoms with van der Waals surface area (Å²) in [6.07, 6.45) is 1.78. The smallest absolute Gasteiger partial charge is 0.254 e. The molecule has 1 fully saturated rings. The summed E-state index contributed by atoms with van der Waals surface area (Å²) in [4.78, 5) is 27.7. The number of hydrogen-bond acceptors (Lipinski definition) is 5. The number of nitrogens with one attached hydrogen (secondary N) is 1. The molecule has 7 nitrogen and oxygen atoms in total. The van der Waals surface area contributed by atoms with E-state index in [9.17, 15) is 9.59 Å². The molecular formula is C27H33N5O2S. The Kier molecular flexibility index (Phi) is 7.90. The highest BCUT2D eigenvalue weighted by Gasteiger charge is 2.34. The lowest BCUT2D eigenvalue weighted by Crippen LogP contribution is -2.32. The second-order valence-electron chi connectivity index (χ2n) is 9.22. The van der Waals surface area contributed by atoms with Crippen LogP contribution in [0.4, 0.5) is 5.69 Å². The Morgan fingerprint density at radius 2 is 1.80 bits per heavy atom. The van der Waals surface area contributed by atoms with Gasteiger partial charge in [0, 0.05) is 24.3 Å². The van der Waals surface area contributed by atoms with Gasteiger partial charge >= 0.3 is 0 Å². The summed E-state index contributed by atoms with van der Waals surface area (Å²) < 4.78 is 2.03. The molecule has 1 N–H and O–H groups in total.